The van der Waals surface area contributed by atoms with Gasteiger partial charge in [0.1, 0.15) is 0 Å². The third-order valence-corrected chi connectivity index (χ3v) is 27.0. The molecule has 144 heavy (non-hydrogen) atoms. The van der Waals surface area contributed by atoms with E-state index in [0.717, 1.165) is 190 Å². The molecule has 9 aromatic heterocycles. The molecular weight excluding hydrogens is 2300 g/mol. The normalized spacial score (nSPS) is 11.3. The number of nitrogens with zero attached hydrogens (tertiary/aromatic N) is 12. The van der Waals surface area contributed by atoms with Crippen molar-refractivity contribution in [1.29, 1.82) is 0 Å². The van der Waals surface area contributed by atoms with Crippen molar-refractivity contribution in [1.82, 2.24) is 57.3 Å². The Morgan fingerprint density at radius 2 is 0.507 bits per heavy atom. The second-order valence-electron chi connectivity index (χ2n) is 35.3. The first-order valence-corrected chi connectivity index (χ1v) is 47.2. The van der Waals surface area contributed by atoms with E-state index in [1.54, 1.807) is 0 Å². The molecule has 0 bridgehead atoms. The van der Waals surface area contributed by atoms with Crippen LogP contribution in [-0.4, -0.2) is 57.3 Å². The topological polar surface area (TPSA) is 107 Å². The summed E-state index contributed by atoms with van der Waals surface area (Å²) < 4.78 is 13.3. The van der Waals surface area contributed by atoms with Crippen molar-refractivity contribution in [2.45, 2.75) is 0 Å². The molecule has 0 aliphatic heterocycles. The minimum absolute atomic E-state index is 0. The minimum Gasteiger partial charge on any atom is -0.367 e. The summed E-state index contributed by atoms with van der Waals surface area (Å²) in [6.07, 6.45) is 5.45. The van der Waals surface area contributed by atoms with Gasteiger partial charge in [-0.05, 0) is 195 Å². The molecule has 0 atom stereocenters. The fraction of sp³-hybridized carbons (Fsp3) is 0.0233. The monoisotopic (exact) mass is 2390 g/mol. The van der Waals surface area contributed by atoms with Crippen LogP contribution < -0.4 is 0 Å². The van der Waals surface area contributed by atoms with Crippen LogP contribution in [0.1, 0.15) is 0 Å². The number of rotatable bonds is 15. The molecule has 0 spiro atoms. The minimum atomic E-state index is 0. The number of hydrogen-bond acceptors (Lipinski definition) is 6. The van der Waals surface area contributed by atoms with E-state index < -0.39 is 0 Å². The van der Waals surface area contributed by atoms with Gasteiger partial charge in [0.15, 0.2) is 0 Å². The van der Waals surface area contributed by atoms with Crippen molar-refractivity contribution >= 4 is 98.5 Å². The van der Waals surface area contributed by atoms with E-state index >= 15 is 0 Å². The number of para-hydroxylation sites is 4. The predicted octanol–water partition coefficient (Wildman–Crippen LogP) is 31.0. The molecule has 0 N–H and O–H groups in total. The SMILES string of the molecule is Cn1c(-c2[c-]c3c(cc2)c2ccccc2n3-c2[c-]c(-c3ccccn3)ccc2)nc2c(-c3ccc(-c4ccccc4)cc3)cccc21.Cn1c(-c2[c-]c3c(cc2)c2ccccc2n3-c2[c-]c(-c3ccccn3)ccc2)nc2cc(-c3ccc(-c4ccccc4)cc3)ccc21.Cn1c(-c2[c-]c3c(cc2)c2ccccc2n3-c2[c-]c(-c3ccccn3)ccc2)nc2ccc(-c3ccc(-c4ccccc4)cc3)cc21.[Pt+2].[Pt+2].[Pt+2]. The molecule has 27 rings (SSSR count). The Morgan fingerprint density at radius 1 is 0.194 bits per heavy atom. The van der Waals surface area contributed by atoms with Crippen LogP contribution in [-0.2, 0) is 84.3 Å². The maximum Gasteiger partial charge on any atom is 2.00 e. The van der Waals surface area contributed by atoms with Crippen molar-refractivity contribution in [2.24, 2.45) is 21.1 Å². The summed E-state index contributed by atoms with van der Waals surface area (Å²) >= 11 is 0. The molecule has 0 radical (unpaired) electrons. The van der Waals surface area contributed by atoms with Crippen LogP contribution >= 0.6 is 0 Å². The van der Waals surface area contributed by atoms with Gasteiger partial charge < -0.3 is 42.4 Å². The Morgan fingerprint density at radius 3 is 0.910 bits per heavy atom. The molecule has 0 saturated carbocycles. The van der Waals surface area contributed by atoms with Crippen LogP contribution in [0, 0.1) is 36.4 Å². The van der Waals surface area contributed by atoms with E-state index in [2.05, 4.69) is 464 Å². The molecule has 0 fully saturated rings. The molecule has 0 unspecified atom stereocenters. The van der Waals surface area contributed by atoms with Gasteiger partial charge in [-0.3, -0.25) is 15.0 Å². The van der Waals surface area contributed by atoms with Gasteiger partial charge in [-0.15, -0.1) is 161 Å². The van der Waals surface area contributed by atoms with Gasteiger partial charge in [0.25, 0.3) is 0 Å². The Bertz CT molecular complexity index is 9220. The van der Waals surface area contributed by atoms with E-state index in [1.165, 1.54) is 60.7 Å². The zero-order valence-corrected chi connectivity index (χ0v) is 84.9. The Labute approximate surface area is 876 Å². The number of hydrogen-bond donors (Lipinski definition) is 0. The summed E-state index contributed by atoms with van der Waals surface area (Å²) in [7, 11) is 6.26. The molecule has 15 heteroatoms. The largest absolute Gasteiger partial charge is 2.00 e. The van der Waals surface area contributed by atoms with Gasteiger partial charge in [-0.25, -0.2) is 0 Å². The molecule has 12 nitrogen and oxygen atoms in total. The zero-order chi connectivity index (χ0) is 94.0. The zero-order valence-electron chi connectivity index (χ0n) is 78.1. The average Bonchev–Trinajstić information content (AvgIpc) is 1.62. The van der Waals surface area contributed by atoms with Gasteiger partial charge in [0.05, 0.1) is 50.6 Å². The Kier molecular flexibility index (Phi) is 25.5. The average molecular weight is 2390 g/mol. The molecule has 0 aliphatic carbocycles. The number of pyridine rings is 3. The van der Waals surface area contributed by atoms with Crippen molar-refractivity contribution in [2.75, 3.05) is 0 Å². The molecule has 0 aliphatic rings. The molecule has 18 aromatic carbocycles. The Balaban J connectivity index is 0.000000122. The summed E-state index contributed by atoms with van der Waals surface area (Å²) in [5.41, 5.74) is 37.8. The Hall–Kier alpha value is -16.7. The second-order valence-corrected chi connectivity index (χ2v) is 35.3. The van der Waals surface area contributed by atoms with Gasteiger partial charge in [0.2, 0.25) is 0 Å². The van der Waals surface area contributed by atoms with E-state index in [9.17, 15) is 0 Å². The first kappa shape index (κ1) is 92.3. The van der Waals surface area contributed by atoms with Crippen LogP contribution in [0.2, 0.25) is 0 Å². The predicted molar refractivity (Wildman–Crippen MR) is 577 cm³/mol. The third-order valence-electron chi connectivity index (χ3n) is 27.0. The number of benzene rings is 18. The molecule has 27 aromatic rings. The van der Waals surface area contributed by atoms with E-state index in [0.29, 0.717) is 0 Å². The fourth-order valence-corrected chi connectivity index (χ4v) is 20.0. The summed E-state index contributed by atoms with van der Waals surface area (Å²) in [6.45, 7) is 0. The van der Waals surface area contributed by atoms with Crippen LogP contribution in [0.5, 0.6) is 0 Å². The summed E-state index contributed by atoms with van der Waals surface area (Å²) in [4.78, 5) is 29.2. The van der Waals surface area contributed by atoms with E-state index in [-0.39, 0.29) is 63.2 Å². The van der Waals surface area contributed by atoms with Crippen molar-refractivity contribution < 1.29 is 63.2 Å². The molecule has 9 heterocycles. The summed E-state index contributed by atoms with van der Waals surface area (Å²) in [5.74, 6) is 2.63. The maximum absolute atomic E-state index is 5.26. The van der Waals surface area contributed by atoms with Gasteiger partial charge >= 0.3 is 63.2 Å². The summed E-state index contributed by atoms with van der Waals surface area (Å²) in [5, 5.41) is 6.94. The van der Waals surface area contributed by atoms with E-state index in [1.807, 2.05) is 91.4 Å². The first-order chi connectivity index (χ1) is 69.6. The van der Waals surface area contributed by atoms with Crippen molar-refractivity contribution in [3.63, 3.8) is 0 Å². The molecular formula is C129H84N12Pt3. The van der Waals surface area contributed by atoms with Crippen molar-refractivity contribution in [3.8, 4) is 152 Å². The number of imidazole rings is 3. The van der Waals surface area contributed by atoms with Gasteiger partial charge in [-0.2, -0.15) is 0 Å². The van der Waals surface area contributed by atoms with Gasteiger partial charge in [0, 0.05) is 61.8 Å². The first-order valence-electron chi connectivity index (χ1n) is 47.2. The van der Waals surface area contributed by atoms with E-state index in [4.69, 9.17) is 15.0 Å². The smallest absolute Gasteiger partial charge is 0.367 e. The van der Waals surface area contributed by atoms with Crippen LogP contribution in [0.4, 0.5) is 0 Å². The quantitative estimate of drug-likeness (QED) is 0.0947. The van der Waals surface area contributed by atoms with Crippen LogP contribution in [0.25, 0.3) is 250 Å². The molecule has 0 saturated heterocycles. The number of fused-ring (bicyclic) bond motifs is 12. The molecule has 0 amide bonds. The second kappa shape index (κ2) is 39.8. The van der Waals surface area contributed by atoms with Gasteiger partial charge in [-0.1, -0.05) is 295 Å². The number of aryl methyl sites for hydroxylation is 3. The molecule has 690 valence electrons. The fourth-order valence-electron chi connectivity index (χ4n) is 20.0. The van der Waals surface area contributed by atoms with Crippen LogP contribution in [0.15, 0.2) is 455 Å². The maximum atomic E-state index is 5.26. The third kappa shape index (κ3) is 17.2. The number of aromatic nitrogens is 12. The van der Waals surface area contributed by atoms with Crippen molar-refractivity contribution in [3.05, 3.63) is 492 Å². The summed E-state index contributed by atoms with van der Waals surface area (Å²) in [6, 6.07) is 174. The van der Waals surface area contributed by atoms with Crippen LogP contribution in [0.3, 0.4) is 0 Å². The standard InChI is InChI=1S/3C43H28N4.3Pt/c1-46-40-19-10-16-35(31-22-20-30(21-23-31)29-11-3-2-4-12-29)42(40)45-43(46)33-24-25-37-36-15-5-6-18-39(36)47(41(37)28-33)34-14-9-13-32(27-34)38-17-7-8-26-44-38;1-46-41-24-22-32(31-19-17-30(18-20-31)29-10-3-2-4-11-29)27-39(41)45-43(46)34-21-23-37-36-14-5-6-16-40(36)47(42(37)28-34)35-13-9-12-33(26-35)38-15-7-8-25-44-38;1-46-42-27-32(31-19-17-30(18-20-31)29-10-3-2-4-11-29)22-24-39(42)45-43(46)34-21-23-37-36-14-5-6-16-40(36)47(41(37)28-34)35-13-9-12-33(26-35)38-15-7-8-25-44-38;;;/h2-26H,1H3;2*2-25,27H,1H3;;;/q3*-2;3*+2.